The first-order valence-electron chi connectivity index (χ1n) is 4.87. The van der Waals surface area contributed by atoms with E-state index in [2.05, 4.69) is 15.9 Å². The van der Waals surface area contributed by atoms with E-state index in [1.165, 1.54) is 17.0 Å². The molecular formula is C10H8BrClN2O3. The number of carbonyl (C=O) groups is 1. The van der Waals surface area contributed by atoms with E-state index < -0.39 is 4.92 Å². The predicted octanol–water partition coefficient (Wildman–Crippen LogP) is 2.70. The van der Waals surface area contributed by atoms with Gasteiger partial charge in [-0.3, -0.25) is 14.9 Å². The molecule has 1 saturated heterocycles. The third-order valence-electron chi connectivity index (χ3n) is 2.51. The van der Waals surface area contributed by atoms with Gasteiger partial charge in [0.2, 0.25) is 5.91 Å². The van der Waals surface area contributed by atoms with Crippen LogP contribution in [0.5, 0.6) is 0 Å². The second-order valence-corrected chi connectivity index (χ2v) is 5.17. The maximum atomic E-state index is 11.7. The van der Waals surface area contributed by atoms with Gasteiger partial charge in [-0.2, -0.15) is 0 Å². The summed E-state index contributed by atoms with van der Waals surface area (Å²) in [6.07, 6.45) is 0.261. The quantitative estimate of drug-likeness (QED) is 0.478. The minimum Gasteiger partial charge on any atom is -0.309 e. The van der Waals surface area contributed by atoms with Crippen LogP contribution in [0, 0.1) is 10.1 Å². The number of rotatable bonds is 2. The Kier molecular flexibility index (Phi) is 3.35. The molecule has 17 heavy (non-hydrogen) atoms. The molecule has 5 nitrogen and oxygen atoms in total. The number of halogens is 2. The van der Waals surface area contributed by atoms with Crippen LogP contribution in [0.2, 0.25) is 0 Å². The fraction of sp³-hybridized carbons (Fsp3) is 0.300. The molecule has 1 atom stereocenters. The molecule has 0 radical (unpaired) electrons. The summed E-state index contributed by atoms with van der Waals surface area (Å²) in [5.41, 5.74) is 0.446. The van der Waals surface area contributed by atoms with Crippen LogP contribution < -0.4 is 4.90 Å². The lowest BCUT2D eigenvalue weighted by atomic mass is 10.2. The van der Waals surface area contributed by atoms with Crippen molar-refractivity contribution in [1.29, 1.82) is 0 Å². The number of hydrogen-bond acceptors (Lipinski definition) is 3. The molecule has 1 aliphatic rings. The number of benzene rings is 1. The van der Waals surface area contributed by atoms with Gasteiger partial charge in [0.15, 0.2) is 0 Å². The summed E-state index contributed by atoms with van der Waals surface area (Å²) in [4.78, 5) is 23.3. The van der Waals surface area contributed by atoms with Crippen LogP contribution in [0.15, 0.2) is 22.7 Å². The number of alkyl halides is 1. The third kappa shape index (κ3) is 2.42. The van der Waals surface area contributed by atoms with Crippen molar-refractivity contribution in [2.75, 3.05) is 11.4 Å². The van der Waals surface area contributed by atoms with Gasteiger partial charge in [-0.15, -0.1) is 11.6 Å². The average Bonchev–Trinajstić information content (AvgIpc) is 2.58. The highest BCUT2D eigenvalue weighted by atomic mass is 79.9. The second-order valence-electron chi connectivity index (χ2n) is 3.70. The van der Waals surface area contributed by atoms with Crippen molar-refractivity contribution in [3.8, 4) is 0 Å². The van der Waals surface area contributed by atoms with Crippen molar-refractivity contribution in [2.45, 2.75) is 11.8 Å². The van der Waals surface area contributed by atoms with E-state index in [-0.39, 0.29) is 23.4 Å². The van der Waals surface area contributed by atoms with Gasteiger partial charge in [0.25, 0.3) is 5.69 Å². The van der Waals surface area contributed by atoms with E-state index >= 15 is 0 Å². The number of nitro benzene ring substituents is 1. The van der Waals surface area contributed by atoms with Crippen LogP contribution in [0.4, 0.5) is 11.4 Å². The minimum absolute atomic E-state index is 0.0472. The fourth-order valence-electron chi connectivity index (χ4n) is 1.72. The maximum Gasteiger partial charge on any atom is 0.271 e. The lowest BCUT2D eigenvalue weighted by molar-refractivity contribution is -0.384. The van der Waals surface area contributed by atoms with Gasteiger partial charge in [-0.25, -0.2) is 0 Å². The molecule has 0 aliphatic carbocycles. The first-order valence-corrected chi connectivity index (χ1v) is 6.10. The van der Waals surface area contributed by atoms with Crippen molar-refractivity contribution >= 4 is 44.8 Å². The molecule has 2 rings (SSSR count). The molecule has 1 fully saturated rings. The van der Waals surface area contributed by atoms with E-state index in [1.807, 2.05) is 0 Å². The number of non-ortho nitro benzene ring substituents is 1. The third-order valence-corrected chi connectivity index (χ3v) is 3.47. The molecule has 1 aliphatic heterocycles. The van der Waals surface area contributed by atoms with Crippen LogP contribution in [-0.4, -0.2) is 22.8 Å². The Morgan fingerprint density at radius 2 is 2.24 bits per heavy atom. The number of nitro groups is 1. The first kappa shape index (κ1) is 12.3. The number of hydrogen-bond donors (Lipinski definition) is 0. The normalized spacial score (nSPS) is 19.8. The van der Waals surface area contributed by atoms with E-state index in [0.717, 1.165) is 0 Å². The standard InChI is InChI=1S/C10H8BrClN2O3/c11-8-2-1-7(14(16)17)4-9(8)13-5-6(12)3-10(13)15/h1-2,4,6H,3,5H2. The highest BCUT2D eigenvalue weighted by Crippen LogP contribution is 2.33. The van der Waals surface area contributed by atoms with Gasteiger partial charge in [0.1, 0.15) is 0 Å². The molecule has 0 spiro atoms. The molecule has 1 amide bonds. The van der Waals surface area contributed by atoms with Gasteiger partial charge >= 0.3 is 0 Å². The second kappa shape index (κ2) is 4.62. The number of amides is 1. The fourth-order valence-corrected chi connectivity index (χ4v) is 2.45. The smallest absolute Gasteiger partial charge is 0.271 e. The number of nitrogens with zero attached hydrogens (tertiary/aromatic N) is 2. The molecule has 1 unspecified atom stereocenters. The Morgan fingerprint density at radius 1 is 1.53 bits per heavy atom. The highest BCUT2D eigenvalue weighted by molar-refractivity contribution is 9.10. The van der Waals surface area contributed by atoms with Crippen LogP contribution in [0.1, 0.15) is 6.42 Å². The van der Waals surface area contributed by atoms with E-state index in [0.29, 0.717) is 16.7 Å². The van der Waals surface area contributed by atoms with Gasteiger partial charge in [-0.1, -0.05) is 0 Å². The van der Waals surface area contributed by atoms with E-state index in [1.54, 1.807) is 6.07 Å². The monoisotopic (exact) mass is 318 g/mol. The molecule has 90 valence electrons. The molecule has 0 aromatic heterocycles. The highest BCUT2D eigenvalue weighted by Gasteiger charge is 2.31. The molecule has 1 aromatic carbocycles. The molecule has 0 N–H and O–H groups in total. The lowest BCUT2D eigenvalue weighted by Gasteiger charge is -2.17. The summed E-state index contributed by atoms with van der Waals surface area (Å²) in [5.74, 6) is -0.119. The molecule has 1 heterocycles. The average molecular weight is 320 g/mol. The van der Waals surface area contributed by atoms with Gasteiger partial charge in [0, 0.05) is 29.6 Å². The Bertz CT molecular complexity index is 494. The Labute approximate surface area is 111 Å². The van der Waals surface area contributed by atoms with Crippen molar-refractivity contribution < 1.29 is 9.72 Å². The Morgan fingerprint density at radius 3 is 2.76 bits per heavy atom. The summed E-state index contributed by atoms with van der Waals surface area (Å²) < 4.78 is 0.641. The summed E-state index contributed by atoms with van der Waals surface area (Å²) in [5, 5.41) is 10.4. The van der Waals surface area contributed by atoms with Crippen molar-refractivity contribution in [3.05, 3.63) is 32.8 Å². The molecule has 0 bridgehead atoms. The first-order chi connectivity index (χ1) is 7.99. The Hall–Kier alpha value is -1.14. The topological polar surface area (TPSA) is 63.5 Å². The Balaban J connectivity index is 2.41. The van der Waals surface area contributed by atoms with Gasteiger partial charge in [0.05, 0.1) is 16.0 Å². The lowest BCUT2D eigenvalue weighted by Crippen LogP contribution is -2.25. The van der Waals surface area contributed by atoms with Crippen LogP contribution in [0.3, 0.4) is 0 Å². The largest absolute Gasteiger partial charge is 0.309 e. The van der Waals surface area contributed by atoms with Gasteiger partial charge in [-0.05, 0) is 22.0 Å². The van der Waals surface area contributed by atoms with E-state index in [9.17, 15) is 14.9 Å². The summed E-state index contributed by atoms with van der Waals surface area (Å²) in [7, 11) is 0. The van der Waals surface area contributed by atoms with Crippen molar-refractivity contribution in [2.24, 2.45) is 0 Å². The SMILES string of the molecule is O=C1CC(Cl)CN1c1cc([N+](=O)[O-])ccc1Br. The summed E-state index contributed by atoms with van der Waals surface area (Å²) in [6.45, 7) is 0.375. The minimum atomic E-state index is -0.491. The van der Waals surface area contributed by atoms with E-state index in [4.69, 9.17) is 11.6 Å². The predicted molar refractivity (Wildman–Crippen MR) is 67.4 cm³/mol. The zero-order valence-electron chi connectivity index (χ0n) is 8.60. The molecule has 0 saturated carbocycles. The molecular weight excluding hydrogens is 311 g/mol. The zero-order valence-corrected chi connectivity index (χ0v) is 10.9. The number of anilines is 1. The zero-order chi connectivity index (χ0) is 12.6. The van der Waals surface area contributed by atoms with Gasteiger partial charge < -0.3 is 4.90 Å². The van der Waals surface area contributed by atoms with Crippen LogP contribution >= 0.6 is 27.5 Å². The molecule has 1 aromatic rings. The summed E-state index contributed by atoms with van der Waals surface area (Å²) in [6, 6.07) is 4.31. The maximum absolute atomic E-state index is 11.7. The van der Waals surface area contributed by atoms with Crippen LogP contribution in [-0.2, 0) is 4.79 Å². The number of carbonyl (C=O) groups excluding carboxylic acids is 1. The van der Waals surface area contributed by atoms with Crippen molar-refractivity contribution in [1.82, 2.24) is 0 Å². The van der Waals surface area contributed by atoms with Crippen LogP contribution in [0.25, 0.3) is 0 Å². The summed E-state index contributed by atoms with van der Waals surface area (Å²) >= 11 is 9.17. The molecule has 7 heteroatoms. The van der Waals surface area contributed by atoms with Crippen molar-refractivity contribution in [3.63, 3.8) is 0 Å².